The van der Waals surface area contributed by atoms with Gasteiger partial charge >= 0.3 is 0 Å². The summed E-state index contributed by atoms with van der Waals surface area (Å²) in [6.45, 7) is 9.92. The second-order valence-electron chi connectivity index (χ2n) is 9.39. The van der Waals surface area contributed by atoms with E-state index in [-0.39, 0.29) is 11.1 Å². The van der Waals surface area contributed by atoms with E-state index >= 15 is 0 Å². The van der Waals surface area contributed by atoms with E-state index in [9.17, 15) is 4.79 Å². The number of benzene rings is 2. The molecule has 0 saturated heterocycles. The molecule has 4 rings (SSSR count). The first-order valence-corrected chi connectivity index (χ1v) is 11.0. The van der Waals surface area contributed by atoms with Gasteiger partial charge in [-0.2, -0.15) is 0 Å². The van der Waals surface area contributed by atoms with Crippen LogP contribution in [0.15, 0.2) is 53.3 Å². The van der Waals surface area contributed by atoms with E-state index in [0.29, 0.717) is 30.9 Å². The van der Waals surface area contributed by atoms with Crippen LogP contribution in [0.25, 0.3) is 10.9 Å². The molecule has 8 nitrogen and oxygen atoms in total. The van der Waals surface area contributed by atoms with Gasteiger partial charge in [0.25, 0.3) is 5.56 Å². The highest BCUT2D eigenvalue weighted by Crippen LogP contribution is 2.21. The van der Waals surface area contributed by atoms with Crippen molar-refractivity contribution in [2.45, 2.75) is 52.9 Å². The lowest BCUT2D eigenvalue weighted by molar-refractivity contribution is 0.223. The lowest BCUT2D eigenvalue weighted by atomic mass is 10.1. The molecule has 0 bridgehead atoms. The molecule has 2 heterocycles. The van der Waals surface area contributed by atoms with Gasteiger partial charge in [-0.05, 0) is 67.3 Å². The van der Waals surface area contributed by atoms with E-state index in [1.54, 1.807) is 7.11 Å². The number of methoxy groups -OCH3 is 1. The maximum atomic E-state index is 12.9. The summed E-state index contributed by atoms with van der Waals surface area (Å²) >= 11 is 0. The molecule has 0 aliphatic carbocycles. The minimum absolute atomic E-state index is 0.111. The van der Waals surface area contributed by atoms with Crippen molar-refractivity contribution < 1.29 is 4.74 Å². The number of nitrogens with zero attached hydrogens (tertiary/aromatic N) is 5. The Balaban J connectivity index is 1.67. The fourth-order valence-electron chi connectivity index (χ4n) is 3.86. The highest BCUT2D eigenvalue weighted by Gasteiger charge is 2.22. The summed E-state index contributed by atoms with van der Waals surface area (Å²) in [6.07, 6.45) is 0. The molecule has 0 unspecified atom stereocenters. The molecule has 172 valence electrons. The molecule has 0 atom stereocenters. The standard InChI is InChI=1S/C25H30N6O2/c1-17-6-8-18(9-7-17)14-30(16-23-27-28-29-31(23)25(2,3)4)15-20-12-19-10-11-21(33-5)13-22(19)26-24(20)32/h6-13H,14-16H2,1-5H3,(H,26,32). The highest BCUT2D eigenvalue weighted by molar-refractivity contribution is 5.80. The van der Waals surface area contributed by atoms with Crippen LogP contribution >= 0.6 is 0 Å². The Labute approximate surface area is 193 Å². The minimum Gasteiger partial charge on any atom is -0.497 e. The quantitative estimate of drug-likeness (QED) is 0.465. The van der Waals surface area contributed by atoms with E-state index in [0.717, 1.165) is 22.3 Å². The van der Waals surface area contributed by atoms with Gasteiger partial charge in [-0.15, -0.1) is 5.10 Å². The molecule has 0 radical (unpaired) electrons. The van der Waals surface area contributed by atoms with Gasteiger partial charge in [0.05, 0.1) is 24.7 Å². The molecule has 0 fully saturated rings. The van der Waals surface area contributed by atoms with Gasteiger partial charge in [-0.25, -0.2) is 4.68 Å². The molecule has 0 saturated carbocycles. The summed E-state index contributed by atoms with van der Waals surface area (Å²) in [4.78, 5) is 18.1. The first-order chi connectivity index (χ1) is 15.7. The van der Waals surface area contributed by atoms with Gasteiger partial charge in [-0.1, -0.05) is 29.8 Å². The van der Waals surface area contributed by atoms with E-state index in [1.807, 2.05) is 28.9 Å². The number of H-pyrrole nitrogens is 1. The first kappa shape index (κ1) is 22.7. The summed E-state index contributed by atoms with van der Waals surface area (Å²) < 4.78 is 7.12. The van der Waals surface area contributed by atoms with Crippen LogP contribution in [0.5, 0.6) is 5.75 Å². The summed E-state index contributed by atoms with van der Waals surface area (Å²) in [6, 6.07) is 16.1. The first-order valence-electron chi connectivity index (χ1n) is 11.0. The van der Waals surface area contributed by atoms with Crippen molar-refractivity contribution in [2.75, 3.05) is 7.11 Å². The third-order valence-corrected chi connectivity index (χ3v) is 5.59. The summed E-state index contributed by atoms with van der Waals surface area (Å²) in [5, 5.41) is 13.3. The van der Waals surface area contributed by atoms with Crippen LogP contribution in [0.2, 0.25) is 0 Å². The smallest absolute Gasteiger partial charge is 0.252 e. The summed E-state index contributed by atoms with van der Waals surface area (Å²) in [7, 11) is 1.61. The monoisotopic (exact) mass is 446 g/mol. The van der Waals surface area contributed by atoms with Crippen molar-refractivity contribution >= 4 is 10.9 Å². The average Bonchev–Trinajstić information content (AvgIpc) is 3.24. The van der Waals surface area contributed by atoms with Crippen LogP contribution < -0.4 is 10.3 Å². The predicted molar refractivity (Wildman–Crippen MR) is 128 cm³/mol. The molecule has 2 aromatic carbocycles. The number of ether oxygens (including phenoxy) is 1. The number of rotatable bonds is 7. The molecule has 0 amide bonds. The van der Waals surface area contributed by atoms with Gasteiger partial charge in [0.2, 0.25) is 0 Å². The van der Waals surface area contributed by atoms with Crippen LogP contribution in [-0.2, 0) is 25.2 Å². The lowest BCUT2D eigenvalue weighted by Gasteiger charge is -2.25. The maximum absolute atomic E-state index is 12.9. The molecule has 0 aliphatic heterocycles. The molecule has 33 heavy (non-hydrogen) atoms. The second-order valence-corrected chi connectivity index (χ2v) is 9.39. The normalized spacial score (nSPS) is 11.9. The Kier molecular flexibility index (Phi) is 6.29. The van der Waals surface area contributed by atoms with Crippen molar-refractivity contribution in [1.29, 1.82) is 0 Å². The number of aryl methyl sites for hydroxylation is 1. The van der Waals surface area contributed by atoms with E-state index in [1.165, 1.54) is 5.56 Å². The third kappa shape index (κ3) is 5.28. The highest BCUT2D eigenvalue weighted by atomic mass is 16.5. The largest absolute Gasteiger partial charge is 0.497 e. The van der Waals surface area contributed by atoms with E-state index in [2.05, 4.69) is 77.4 Å². The average molecular weight is 447 g/mol. The van der Waals surface area contributed by atoms with Crippen molar-refractivity contribution in [2.24, 2.45) is 0 Å². The number of fused-ring (bicyclic) bond motifs is 1. The number of hydrogen-bond donors (Lipinski definition) is 1. The molecule has 0 aliphatic rings. The summed E-state index contributed by atoms with van der Waals surface area (Å²) in [5.41, 5.74) is 3.47. The zero-order chi connectivity index (χ0) is 23.6. The number of tetrazole rings is 1. The Morgan fingerprint density at radius 3 is 2.48 bits per heavy atom. The van der Waals surface area contributed by atoms with Crippen LogP contribution in [0, 0.1) is 6.92 Å². The molecule has 0 spiro atoms. The number of pyridine rings is 1. The fraction of sp³-hybridized carbons (Fsp3) is 0.360. The van der Waals surface area contributed by atoms with Crippen molar-refractivity contribution in [1.82, 2.24) is 30.1 Å². The topological polar surface area (TPSA) is 88.9 Å². The Morgan fingerprint density at radius 2 is 1.79 bits per heavy atom. The van der Waals surface area contributed by atoms with E-state index < -0.39 is 0 Å². The number of hydrogen-bond acceptors (Lipinski definition) is 6. The van der Waals surface area contributed by atoms with Crippen LogP contribution in [0.3, 0.4) is 0 Å². The Hall–Kier alpha value is -3.52. The molecule has 4 aromatic rings. The van der Waals surface area contributed by atoms with Crippen LogP contribution in [0.1, 0.15) is 43.3 Å². The predicted octanol–water partition coefficient (Wildman–Crippen LogP) is 3.79. The van der Waals surface area contributed by atoms with Crippen LogP contribution in [0.4, 0.5) is 0 Å². The SMILES string of the molecule is COc1ccc2cc(CN(Cc3ccc(C)cc3)Cc3nnnn3C(C)(C)C)c(=O)[nH]c2c1. The van der Waals surface area contributed by atoms with Gasteiger partial charge in [0.15, 0.2) is 5.82 Å². The molecule has 2 aromatic heterocycles. The lowest BCUT2D eigenvalue weighted by Crippen LogP contribution is -2.31. The minimum atomic E-state index is -0.242. The van der Waals surface area contributed by atoms with Gasteiger partial charge < -0.3 is 9.72 Å². The zero-order valence-corrected chi connectivity index (χ0v) is 19.8. The van der Waals surface area contributed by atoms with Gasteiger partial charge in [0, 0.05) is 24.7 Å². The second kappa shape index (κ2) is 9.15. The Morgan fingerprint density at radius 1 is 1.03 bits per heavy atom. The zero-order valence-electron chi connectivity index (χ0n) is 19.8. The van der Waals surface area contributed by atoms with Gasteiger partial charge in [-0.3, -0.25) is 9.69 Å². The molecular weight excluding hydrogens is 416 g/mol. The number of aromatic nitrogens is 5. The van der Waals surface area contributed by atoms with Crippen molar-refractivity contribution in [3.8, 4) is 5.75 Å². The number of nitrogens with one attached hydrogen (secondary N) is 1. The molecule has 8 heteroatoms. The third-order valence-electron chi connectivity index (χ3n) is 5.59. The van der Waals surface area contributed by atoms with Gasteiger partial charge in [0.1, 0.15) is 5.75 Å². The van der Waals surface area contributed by atoms with Crippen molar-refractivity contribution in [3.63, 3.8) is 0 Å². The van der Waals surface area contributed by atoms with E-state index in [4.69, 9.17) is 4.74 Å². The fourth-order valence-corrected chi connectivity index (χ4v) is 3.86. The molecular formula is C25H30N6O2. The maximum Gasteiger partial charge on any atom is 0.252 e. The Bertz CT molecular complexity index is 1300. The van der Waals surface area contributed by atoms with Crippen LogP contribution in [-0.4, -0.2) is 37.2 Å². The summed E-state index contributed by atoms with van der Waals surface area (Å²) in [5.74, 6) is 1.47. The number of aromatic amines is 1. The molecule has 1 N–H and O–H groups in total. The van der Waals surface area contributed by atoms with Crippen molar-refractivity contribution in [3.05, 3.63) is 81.4 Å².